The fraction of sp³-hybridized carbons (Fsp3) is 0.429. The van der Waals surface area contributed by atoms with Gasteiger partial charge in [-0.15, -0.1) is 17.5 Å². The summed E-state index contributed by atoms with van der Waals surface area (Å²) in [5, 5.41) is 22.9. The summed E-state index contributed by atoms with van der Waals surface area (Å²) >= 11 is 0. The van der Waals surface area contributed by atoms with Gasteiger partial charge in [0.2, 0.25) is 0 Å². The van der Waals surface area contributed by atoms with Crippen LogP contribution in [-0.2, 0) is 17.5 Å². The Labute approximate surface area is 147 Å². The summed E-state index contributed by atoms with van der Waals surface area (Å²) in [5.41, 5.74) is -0.417. The minimum atomic E-state index is -4.42. The zero-order chi connectivity index (χ0) is 17.7. The number of benzene rings is 1. The number of aliphatic carboxylic acids is 1. The van der Waals surface area contributed by atoms with Gasteiger partial charge in [-0.2, -0.15) is 17.9 Å². The summed E-state index contributed by atoms with van der Waals surface area (Å²) in [6.45, 7) is 1.94. The normalized spacial score (nSPS) is 12.5. The van der Waals surface area contributed by atoms with Crippen molar-refractivity contribution in [3.8, 4) is 5.69 Å². The Morgan fingerprint density at radius 1 is 1.32 bits per heavy atom. The standard InChI is InChI=1S/C14H16F3N5O2.ClH/c1-2-3-11(13(23)24)18-8-12-19-20-21-22(12)10-6-4-9(5-7-10)14(15,16)17;/h4-7,11,18H,2-3,8H2,1H3,(H,23,24);1H. The highest BCUT2D eigenvalue weighted by atomic mass is 35.5. The lowest BCUT2D eigenvalue weighted by Gasteiger charge is -2.13. The second kappa shape index (κ2) is 8.77. The molecule has 0 aliphatic rings. The van der Waals surface area contributed by atoms with E-state index in [1.165, 1.54) is 16.8 Å². The molecule has 1 atom stereocenters. The molecule has 0 amide bonds. The van der Waals surface area contributed by atoms with Gasteiger partial charge in [-0.1, -0.05) is 13.3 Å². The minimum Gasteiger partial charge on any atom is -0.480 e. The molecule has 0 bridgehead atoms. The first kappa shape index (κ1) is 20.8. The van der Waals surface area contributed by atoms with E-state index in [0.717, 1.165) is 12.1 Å². The minimum absolute atomic E-state index is 0. The molecule has 1 unspecified atom stereocenters. The van der Waals surface area contributed by atoms with E-state index >= 15 is 0 Å². The number of halogens is 4. The maximum Gasteiger partial charge on any atom is 0.416 e. The molecular formula is C14H17ClF3N5O2. The monoisotopic (exact) mass is 379 g/mol. The highest BCUT2D eigenvalue weighted by Gasteiger charge is 2.30. The van der Waals surface area contributed by atoms with Gasteiger partial charge < -0.3 is 5.11 Å². The summed E-state index contributed by atoms with van der Waals surface area (Å²) in [6.07, 6.45) is -3.29. The molecule has 2 aromatic rings. The van der Waals surface area contributed by atoms with E-state index in [1.807, 2.05) is 6.92 Å². The van der Waals surface area contributed by atoms with E-state index < -0.39 is 23.8 Å². The second-order valence-electron chi connectivity index (χ2n) is 5.11. The number of nitrogens with zero attached hydrogens (tertiary/aromatic N) is 4. The SMILES string of the molecule is CCCC(NCc1nnnn1-c1ccc(C(F)(F)F)cc1)C(=O)O.Cl. The van der Waals surface area contributed by atoms with Crippen LogP contribution in [0.1, 0.15) is 31.2 Å². The van der Waals surface area contributed by atoms with Crippen LogP contribution in [0.4, 0.5) is 13.2 Å². The average molecular weight is 380 g/mol. The van der Waals surface area contributed by atoms with E-state index in [2.05, 4.69) is 20.8 Å². The maximum absolute atomic E-state index is 12.6. The molecule has 1 aromatic carbocycles. The highest BCUT2D eigenvalue weighted by molar-refractivity contribution is 5.85. The molecule has 2 N–H and O–H groups in total. The predicted molar refractivity (Wildman–Crippen MR) is 84.6 cm³/mol. The molecule has 0 spiro atoms. The number of tetrazole rings is 1. The van der Waals surface area contributed by atoms with Crippen LogP contribution in [0.15, 0.2) is 24.3 Å². The van der Waals surface area contributed by atoms with E-state index in [9.17, 15) is 18.0 Å². The molecule has 0 saturated carbocycles. The largest absolute Gasteiger partial charge is 0.480 e. The first-order chi connectivity index (χ1) is 11.3. The van der Waals surface area contributed by atoms with Crippen molar-refractivity contribution in [1.29, 1.82) is 0 Å². The van der Waals surface area contributed by atoms with E-state index in [0.29, 0.717) is 24.4 Å². The Morgan fingerprint density at radius 2 is 1.96 bits per heavy atom. The van der Waals surface area contributed by atoms with Crippen LogP contribution >= 0.6 is 12.4 Å². The van der Waals surface area contributed by atoms with Crippen LogP contribution in [0, 0.1) is 0 Å². The lowest BCUT2D eigenvalue weighted by atomic mass is 10.1. The van der Waals surface area contributed by atoms with E-state index in [-0.39, 0.29) is 19.0 Å². The quantitative estimate of drug-likeness (QED) is 0.767. The zero-order valence-corrected chi connectivity index (χ0v) is 14.0. The van der Waals surface area contributed by atoms with Gasteiger partial charge in [0.1, 0.15) is 6.04 Å². The van der Waals surface area contributed by atoms with Crippen molar-refractivity contribution >= 4 is 18.4 Å². The Morgan fingerprint density at radius 3 is 2.48 bits per heavy atom. The van der Waals surface area contributed by atoms with Crippen LogP contribution in [0.2, 0.25) is 0 Å². The third-order valence-electron chi connectivity index (χ3n) is 3.36. The number of hydrogen-bond acceptors (Lipinski definition) is 5. The number of carboxylic acid groups (broad SMARTS) is 1. The van der Waals surface area contributed by atoms with Gasteiger partial charge in [-0.25, -0.2) is 0 Å². The molecule has 0 aliphatic carbocycles. The van der Waals surface area contributed by atoms with Crippen LogP contribution in [0.5, 0.6) is 0 Å². The van der Waals surface area contributed by atoms with Crippen LogP contribution in [-0.4, -0.2) is 37.3 Å². The van der Waals surface area contributed by atoms with Gasteiger partial charge >= 0.3 is 12.1 Å². The molecule has 2 rings (SSSR count). The van der Waals surface area contributed by atoms with Gasteiger partial charge in [0, 0.05) is 0 Å². The molecule has 0 aliphatic heterocycles. The fourth-order valence-corrected chi connectivity index (χ4v) is 2.12. The smallest absolute Gasteiger partial charge is 0.416 e. The van der Waals surface area contributed by atoms with Crippen molar-refractivity contribution in [2.75, 3.05) is 0 Å². The van der Waals surface area contributed by atoms with Crippen molar-refractivity contribution < 1.29 is 23.1 Å². The first-order valence-corrected chi connectivity index (χ1v) is 7.24. The molecule has 7 nitrogen and oxygen atoms in total. The number of aromatic nitrogens is 4. The van der Waals surface area contributed by atoms with E-state index in [1.54, 1.807) is 0 Å². The predicted octanol–water partition coefficient (Wildman–Crippen LogP) is 2.45. The molecule has 0 radical (unpaired) electrons. The molecule has 1 heterocycles. The number of carboxylic acids is 1. The van der Waals surface area contributed by atoms with Gasteiger partial charge in [-0.05, 0) is 41.1 Å². The molecular weight excluding hydrogens is 363 g/mol. The van der Waals surface area contributed by atoms with Crippen LogP contribution < -0.4 is 5.32 Å². The lowest BCUT2D eigenvalue weighted by molar-refractivity contribution is -0.140. The summed E-state index contributed by atoms with van der Waals surface area (Å²) in [7, 11) is 0. The van der Waals surface area contributed by atoms with E-state index in [4.69, 9.17) is 5.11 Å². The Kier molecular flexibility index (Phi) is 7.31. The third-order valence-corrected chi connectivity index (χ3v) is 3.36. The van der Waals surface area contributed by atoms with Crippen molar-refractivity contribution in [2.45, 2.75) is 38.5 Å². The van der Waals surface area contributed by atoms with Gasteiger partial charge in [0.15, 0.2) is 5.82 Å². The average Bonchev–Trinajstić information content (AvgIpc) is 2.99. The highest BCUT2D eigenvalue weighted by Crippen LogP contribution is 2.29. The lowest BCUT2D eigenvalue weighted by Crippen LogP contribution is -2.36. The van der Waals surface area contributed by atoms with Crippen molar-refractivity contribution in [3.63, 3.8) is 0 Å². The zero-order valence-electron chi connectivity index (χ0n) is 13.2. The Hall–Kier alpha value is -2.20. The first-order valence-electron chi connectivity index (χ1n) is 7.24. The van der Waals surface area contributed by atoms with Crippen molar-refractivity contribution in [2.24, 2.45) is 0 Å². The summed E-state index contributed by atoms with van der Waals surface area (Å²) in [6, 6.07) is 3.64. The van der Waals surface area contributed by atoms with Gasteiger partial charge in [-0.3, -0.25) is 10.1 Å². The van der Waals surface area contributed by atoms with Crippen molar-refractivity contribution in [3.05, 3.63) is 35.7 Å². The molecule has 0 fully saturated rings. The molecule has 11 heteroatoms. The fourth-order valence-electron chi connectivity index (χ4n) is 2.12. The third kappa shape index (κ3) is 5.40. The second-order valence-corrected chi connectivity index (χ2v) is 5.11. The number of carbonyl (C=O) groups is 1. The summed E-state index contributed by atoms with van der Waals surface area (Å²) < 4.78 is 39.0. The molecule has 1 aromatic heterocycles. The number of nitrogens with one attached hydrogen (secondary N) is 1. The van der Waals surface area contributed by atoms with Crippen LogP contribution in [0.3, 0.4) is 0 Å². The summed E-state index contributed by atoms with van der Waals surface area (Å²) in [4.78, 5) is 11.1. The number of alkyl halides is 3. The van der Waals surface area contributed by atoms with Crippen molar-refractivity contribution in [1.82, 2.24) is 25.5 Å². The van der Waals surface area contributed by atoms with Gasteiger partial charge in [0.25, 0.3) is 0 Å². The van der Waals surface area contributed by atoms with Crippen LogP contribution in [0.25, 0.3) is 5.69 Å². The maximum atomic E-state index is 12.6. The molecule has 0 saturated heterocycles. The summed E-state index contributed by atoms with van der Waals surface area (Å²) in [5.74, 6) is -0.678. The number of hydrogen-bond donors (Lipinski definition) is 2. The topological polar surface area (TPSA) is 92.9 Å². The molecule has 138 valence electrons. The Balaban J connectivity index is 0.00000312. The molecule has 25 heavy (non-hydrogen) atoms. The Bertz CT molecular complexity index is 691. The van der Waals surface area contributed by atoms with Gasteiger partial charge in [0.05, 0.1) is 17.8 Å². The number of rotatable bonds is 7.